The van der Waals surface area contributed by atoms with Crippen LogP contribution in [-0.2, 0) is 11.2 Å². The van der Waals surface area contributed by atoms with E-state index >= 15 is 0 Å². The maximum Gasteiger partial charge on any atom is 0.0756 e. The summed E-state index contributed by atoms with van der Waals surface area (Å²) < 4.78 is 5.70. The summed E-state index contributed by atoms with van der Waals surface area (Å²) in [6, 6.07) is 12.9. The molecule has 0 aliphatic heterocycles. The molecule has 1 aliphatic rings. The third-order valence-corrected chi connectivity index (χ3v) is 4.21. The van der Waals surface area contributed by atoms with E-state index in [9.17, 15) is 0 Å². The van der Waals surface area contributed by atoms with Crippen molar-refractivity contribution < 1.29 is 4.74 Å². The van der Waals surface area contributed by atoms with E-state index < -0.39 is 0 Å². The van der Waals surface area contributed by atoms with E-state index in [4.69, 9.17) is 9.72 Å². The Kier molecular flexibility index (Phi) is 3.99. The van der Waals surface area contributed by atoms with Crippen LogP contribution in [0.4, 0.5) is 0 Å². The number of nitrogens with one attached hydrogen (secondary N) is 1. The number of aromatic nitrogens is 1. The second kappa shape index (κ2) is 5.90. The molecular weight excluding hydrogens is 248 g/mol. The van der Waals surface area contributed by atoms with E-state index in [0.717, 1.165) is 23.5 Å². The van der Waals surface area contributed by atoms with Crippen LogP contribution in [-0.4, -0.2) is 31.3 Å². The molecule has 0 saturated heterocycles. The number of hydrogen-bond donors (Lipinski definition) is 1. The monoisotopic (exact) mass is 270 g/mol. The van der Waals surface area contributed by atoms with Gasteiger partial charge in [-0.05, 0) is 37.9 Å². The number of para-hydroxylation sites is 1. The number of methoxy groups -OCH3 is 1. The van der Waals surface area contributed by atoms with Gasteiger partial charge in [0.1, 0.15) is 0 Å². The Labute approximate surface area is 120 Å². The van der Waals surface area contributed by atoms with Crippen molar-refractivity contribution in [2.45, 2.75) is 31.4 Å². The van der Waals surface area contributed by atoms with Gasteiger partial charge in [0, 0.05) is 30.7 Å². The first kappa shape index (κ1) is 13.5. The van der Waals surface area contributed by atoms with Crippen LogP contribution in [0.25, 0.3) is 10.9 Å². The highest BCUT2D eigenvalue weighted by atomic mass is 16.5. The van der Waals surface area contributed by atoms with Crippen LogP contribution in [0.1, 0.15) is 18.5 Å². The maximum atomic E-state index is 5.70. The molecule has 0 bridgehead atoms. The smallest absolute Gasteiger partial charge is 0.0756 e. The Hall–Kier alpha value is -1.45. The van der Waals surface area contributed by atoms with Crippen molar-refractivity contribution in [3.63, 3.8) is 0 Å². The van der Waals surface area contributed by atoms with Crippen LogP contribution < -0.4 is 5.32 Å². The average molecular weight is 270 g/mol. The van der Waals surface area contributed by atoms with Gasteiger partial charge in [0.05, 0.1) is 11.6 Å². The molecule has 106 valence electrons. The van der Waals surface area contributed by atoms with Gasteiger partial charge in [-0.3, -0.25) is 4.98 Å². The highest BCUT2D eigenvalue weighted by Gasteiger charge is 2.36. The van der Waals surface area contributed by atoms with Crippen LogP contribution in [0, 0.1) is 5.92 Å². The SMILES string of the molecule is CNC(Cc1ccc2ccccc2n1)C(OC)C1CC1. The Balaban J connectivity index is 1.79. The zero-order chi connectivity index (χ0) is 13.9. The number of fused-ring (bicyclic) bond motifs is 1. The molecule has 0 radical (unpaired) electrons. The first-order chi connectivity index (χ1) is 9.81. The molecule has 0 amide bonds. The lowest BCUT2D eigenvalue weighted by Gasteiger charge is -2.25. The van der Waals surface area contributed by atoms with E-state index in [2.05, 4.69) is 29.6 Å². The lowest BCUT2D eigenvalue weighted by Crippen LogP contribution is -2.42. The normalized spacial score (nSPS) is 18.1. The van der Waals surface area contributed by atoms with Crippen LogP contribution in [0.2, 0.25) is 0 Å². The van der Waals surface area contributed by atoms with Gasteiger partial charge in [-0.2, -0.15) is 0 Å². The highest BCUT2D eigenvalue weighted by Crippen LogP contribution is 2.36. The van der Waals surface area contributed by atoms with Crippen LogP contribution in [0.3, 0.4) is 0 Å². The Morgan fingerprint density at radius 3 is 2.75 bits per heavy atom. The fourth-order valence-corrected chi connectivity index (χ4v) is 2.94. The van der Waals surface area contributed by atoms with E-state index in [-0.39, 0.29) is 0 Å². The van der Waals surface area contributed by atoms with Gasteiger partial charge in [-0.15, -0.1) is 0 Å². The van der Waals surface area contributed by atoms with Crippen molar-refractivity contribution in [1.82, 2.24) is 10.3 Å². The summed E-state index contributed by atoms with van der Waals surface area (Å²) in [6.45, 7) is 0. The van der Waals surface area contributed by atoms with Gasteiger partial charge in [0.25, 0.3) is 0 Å². The molecule has 1 saturated carbocycles. The zero-order valence-electron chi connectivity index (χ0n) is 12.2. The highest BCUT2D eigenvalue weighted by molar-refractivity contribution is 5.78. The number of rotatable bonds is 6. The average Bonchev–Trinajstić information content (AvgIpc) is 3.31. The standard InChI is InChI=1S/C17H22N2O/c1-18-16(17(20-2)13-7-8-13)11-14-10-9-12-5-3-4-6-15(12)19-14/h3-6,9-10,13,16-18H,7-8,11H2,1-2H3. The second-order valence-electron chi connectivity index (χ2n) is 5.63. The largest absolute Gasteiger partial charge is 0.380 e. The lowest BCUT2D eigenvalue weighted by molar-refractivity contribution is 0.0532. The van der Waals surface area contributed by atoms with Crippen LogP contribution in [0.15, 0.2) is 36.4 Å². The number of pyridine rings is 1. The summed E-state index contributed by atoms with van der Waals surface area (Å²) in [6.07, 6.45) is 3.80. The van der Waals surface area contributed by atoms with Gasteiger partial charge in [0.15, 0.2) is 0 Å². The van der Waals surface area contributed by atoms with E-state index in [1.54, 1.807) is 0 Å². The predicted molar refractivity (Wildman–Crippen MR) is 81.8 cm³/mol. The van der Waals surface area contributed by atoms with Gasteiger partial charge in [-0.25, -0.2) is 0 Å². The molecule has 2 aromatic rings. The summed E-state index contributed by atoms with van der Waals surface area (Å²) in [5.74, 6) is 0.720. The Bertz CT molecular complexity index is 580. The number of likely N-dealkylation sites (N-methyl/N-ethyl adjacent to an activating group) is 1. The molecular formula is C17H22N2O. The molecule has 3 nitrogen and oxygen atoms in total. The maximum absolute atomic E-state index is 5.70. The van der Waals surface area contributed by atoms with Gasteiger partial charge < -0.3 is 10.1 Å². The van der Waals surface area contributed by atoms with Crippen LogP contribution in [0.5, 0.6) is 0 Å². The van der Waals surface area contributed by atoms with Crippen molar-refractivity contribution in [2.24, 2.45) is 5.92 Å². The summed E-state index contributed by atoms with van der Waals surface area (Å²) in [5.41, 5.74) is 2.20. The molecule has 3 heteroatoms. The molecule has 0 spiro atoms. The predicted octanol–water partition coefficient (Wildman–Crippen LogP) is 2.79. The van der Waals surface area contributed by atoms with Gasteiger partial charge in [0.2, 0.25) is 0 Å². The molecule has 1 fully saturated rings. The number of hydrogen-bond acceptors (Lipinski definition) is 3. The Morgan fingerprint density at radius 2 is 2.05 bits per heavy atom. The third-order valence-electron chi connectivity index (χ3n) is 4.21. The molecule has 1 aliphatic carbocycles. The van der Waals surface area contributed by atoms with E-state index in [0.29, 0.717) is 12.1 Å². The Morgan fingerprint density at radius 1 is 1.25 bits per heavy atom. The number of ether oxygens (including phenoxy) is 1. The first-order valence-electron chi connectivity index (χ1n) is 7.36. The minimum Gasteiger partial charge on any atom is -0.380 e. The van der Waals surface area contributed by atoms with E-state index in [1.165, 1.54) is 18.2 Å². The lowest BCUT2D eigenvalue weighted by atomic mass is 10.0. The minimum absolute atomic E-state index is 0.299. The molecule has 1 aromatic heterocycles. The number of benzene rings is 1. The van der Waals surface area contributed by atoms with Gasteiger partial charge in [-0.1, -0.05) is 24.3 Å². The van der Waals surface area contributed by atoms with Crippen LogP contribution >= 0.6 is 0 Å². The fourth-order valence-electron chi connectivity index (χ4n) is 2.94. The van der Waals surface area contributed by atoms with Crippen molar-refractivity contribution in [2.75, 3.05) is 14.2 Å². The topological polar surface area (TPSA) is 34.2 Å². The van der Waals surface area contributed by atoms with Crippen molar-refractivity contribution in [3.05, 3.63) is 42.1 Å². The molecule has 2 atom stereocenters. The summed E-state index contributed by atoms with van der Waals surface area (Å²) in [4.78, 5) is 4.76. The first-order valence-corrected chi connectivity index (χ1v) is 7.36. The molecule has 1 aromatic carbocycles. The molecule has 20 heavy (non-hydrogen) atoms. The van der Waals surface area contributed by atoms with E-state index in [1.807, 2.05) is 26.3 Å². The zero-order valence-corrected chi connectivity index (χ0v) is 12.2. The van der Waals surface area contributed by atoms with Gasteiger partial charge >= 0.3 is 0 Å². The number of nitrogens with zero attached hydrogens (tertiary/aromatic N) is 1. The summed E-state index contributed by atoms with van der Waals surface area (Å²) in [7, 11) is 3.83. The molecule has 2 unspecified atom stereocenters. The second-order valence-corrected chi connectivity index (χ2v) is 5.63. The van der Waals surface area contributed by atoms with Crippen molar-refractivity contribution in [3.8, 4) is 0 Å². The fraction of sp³-hybridized carbons (Fsp3) is 0.471. The van der Waals surface area contributed by atoms with Crippen molar-refractivity contribution >= 4 is 10.9 Å². The molecule has 3 rings (SSSR count). The molecule has 1 heterocycles. The summed E-state index contributed by atoms with van der Waals surface area (Å²) in [5, 5.41) is 4.60. The quantitative estimate of drug-likeness (QED) is 0.876. The summed E-state index contributed by atoms with van der Waals surface area (Å²) >= 11 is 0. The minimum atomic E-state index is 0.299. The molecule has 1 N–H and O–H groups in total. The van der Waals surface area contributed by atoms with Crippen molar-refractivity contribution in [1.29, 1.82) is 0 Å². The third kappa shape index (κ3) is 2.84.